The standard InChI is InChI=1S/C13H13PS/c15-14-13(11-7-3-1-4-8-11)12-9-5-2-6-10-12/h1-10,13H,14H2. The first kappa shape index (κ1) is 10.6. The number of hydrogen-bond acceptors (Lipinski definition) is 1. The van der Waals surface area contributed by atoms with Gasteiger partial charge in [0.05, 0.1) is 0 Å². The fraction of sp³-hybridized carbons (Fsp3) is 0.0769. The van der Waals surface area contributed by atoms with Crippen LogP contribution in [-0.4, -0.2) is 0 Å². The normalized spacial score (nSPS) is 11.3. The summed E-state index contributed by atoms with van der Waals surface area (Å²) in [5.74, 6) is 0. The molecule has 0 aliphatic heterocycles. The molecule has 0 fully saturated rings. The highest BCUT2D eigenvalue weighted by Crippen LogP contribution is 2.33. The maximum atomic E-state index is 5.32. The molecular formula is C13H13PS. The predicted octanol–water partition coefficient (Wildman–Crippen LogP) is 3.65. The van der Waals surface area contributed by atoms with Gasteiger partial charge in [0.25, 0.3) is 0 Å². The van der Waals surface area contributed by atoms with Crippen LogP contribution in [0.2, 0.25) is 0 Å². The molecule has 2 aromatic carbocycles. The Morgan fingerprint density at radius 2 is 1.13 bits per heavy atom. The van der Waals surface area contributed by atoms with Gasteiger partial charge >= 0.3 is 0 Å². The first-order chi connectivity index (χ1) is 7.42. The maximum Gasteiger partial charge on any atom is 0.0331 e. The van der Waals surface area contributed by atoms with E-state index in [1.165, 1.54) is 11.1 Å². The Bertz CT molecular complexity index is 385. The second kappa shape index (κ2) is 5.25. The van der Waals surface area contributed by atoms with Crippen LogP contribution < -0.4 is 0 Å². The lowest BCUT2D eigenvalue weighted by atomic mass is 10.0. The Morgan fingerprint density at radius 1 is 0.733 bits per heavy atom. The van der Waals surface area contributed by atoms with E-state index in [0.29, 0.717) is 5.66 Å². The molecule has 0 aromatic heterocycles. The van der Waals surface area contributed by atoms with E-state index in [9.17, 15) is 0 Å². The van der Waals surface area contributed by atoms with Gasteiger partial charge in [-0.2, -0.15) is 0 Å². The summed E-state index contributed by atoms with van der Waals surface area (Å²) in [6, 6.07) is 21.1. The van der Waals surface area contributed by atoms with Crippen LogP contribution in [0, 0.1) is 0 Å². The second-order valence-electron chi connectivity index (χ2n) is 3.44. The van der Waals surface area contributed by atoms with Crippen molar-refractivity contribution in [2.75, 3.05) is 0 Å². The summed E-state index contributed by atoms with van der Waals surface area (Å²) in [5.41, 5.74) is 3.12. The van der Waals surface area contributed by atoms with Crippen LogP contribution in [0.5, 0.6) is 0 Å². The molecule has 1 atom stereocenters. The quantitative estimate of drug-likeness (QED) is 0.728. The second-order valence-corrected chi connectivity index (χ2v) is 5.19. The number of hydrogen-bond donors (Lipinski definition) is 0. The van der Waals surface area contributed by atoms with Gasteiger partial charge in [0, 0.05) is 5.66 Å². The van der Waals surface area contributed by atoms with Crippen LogP contribution in [0.4, 0.5) is 0 Å². The van der Waals surface area contributed by atoms with Crippen LogP contribution in [0.25, 0.3) is 0 Å². The maximum absolute atomic E-state index is 5.32. The molecule has 0 N–H and O–H groups in total. The zero-order valence-electron chi connectivity index (χ0n) is 8.34. The Morgan fingerprint density at radius 3 is 1.47 bits per heavy atom. The van der Waals surface area contributed by atoms with Crippen LogP contribution in [0.15, 0.2) is 60.7 Å². The van der Waals surface area contributed by atoms with Gasteiger partial charge in [0.1, 0.15) is 0 Å². The summed E-state index contributed by atoms with van der Waals surface area (Å²) < 4.78 is 0. The average Bonchev–Trinajstić information content (AvgIpc) is 2.33. The lowest BCUT2D eigenvalue weighted by molar-refractivity contribution is 1.16. The predicted molar refractivity (Wildman–Crippen MR) is 71.8 cm³/mol. The minimum atomic E-state index is 0.000926. The summed E-state index contributed by atoms with van der Waals surface area (Å²) in [6.45, 7) is 0. The molecule has 2 aromatic rings. The van der Waals surface area contributed by atoms with Gasteiger partial charge < -0.3 is 0 Å². The SMILES string of the molecule is S=[PH2]C(c1ccccc1)c1ccccc1. The van der Waals surface area contributed by atoms with Crippen molar-refractivity contribution in [1.82, 2.24) is 0 Å². The summed E-state index contributed by atoms with van der Waals surface area (Å²) >= 11 is 5.32. The van der Waals surface area contributed by atoms with Crippen molar-refractivity contribution in [3.05, 3.63) is 71.8 Å². The molecule has 76 valence electrons. The lowest BCUT2D eigenvalue weighted by Crippen LogP contribution is -1.91. The average molecular weight is 232 g/mol. The van der Waals surface area contributed by atoms with Gasteiger partial charge in [-0.1, -0.05) is 68.0 Å². The summed E-state index contributed by atoms with van der Waals surface area (Å²) in [5, 5.41) is 0. The Kier molecular flexibility index (Phi) is 3.71. The van der Waals surface area contributed by atoms with Crippen LogP contribution in [0.3, 0.4) is 0 Å². The third-order valence-electron chi connectivity index (χ3n) is 2.45. The van der Waals surface area contributed by atoms with E-state index < -0.39 is 0 Å². The van der Waals surface area contributed by atoms with E-state index in [4.69, 9.17) is 11.8 Å². The smallest absolute Gasteiger partial charge is 0.0331 e. The van der Waals surface area contributed by atoms with E-state index in [1.807, 2.05) is 12.1 Å². The molecule has 0 radical (unpaired) electrons. The summed E-state index contributed by atoms with van der Waals surface area (Å²) in [6.07, 6.45) is 0. The first-order valence-electron chi connectivity index (χ1n) is 4.97. The van der Waals surface area contributed by atoms with Gasteiger partial charge in [0.2, 0.25) is 0 Å². The minimum absolute atomic E-state index is 0.000926. The molecule has 0 spiro atoms. The Balaban J connectivity index is 2.38. The fourth-order valence-electron chi connectivity index (χ4n) is 1.67. The third-order valence-corrected chi connectivity index (χ3v) is 4.31. The van der Waals surface area contributed by atoms with E-state index in [-0.39, 0.29) is 7.36 Å². The van der Waals surface area contributed by atoms with Crippen molar-refractivity contribution in [1.29, 1.82) is 0 Å². The van der Waals surface area contributed by atoms with E-state index >= 15 is 0 Å². The van der Waals surface area contributed by atoms with E-state index in [0.717, 1.165) is 0 Å². The Labute approximate surface area is 96.8 Å². The number of benzene rings is 2. The van der Waals surface area contributed by atoms with E-state index in [2.05, 4.69) is 48.5 Å². The van der Waals surface area contributed by atoms with Crippen LogP contribution >= 0.6 is 7.36 Å². The summed E-state index contributed by atoms with van der Waals surface area (Å²) in [4.78, 5) is 0. The fourth-order valence-corrected chi connectivity index (χ4v) is 3.37. The topological polar surface area (TPSA) is 0 Å². The van der Waals surface area contributed by atoms with Gasteiger partial charge in [-0.3, -0.25) is 0 Å². The molecule has 0 aliphatic rings. The lowest BCUT2D eigenvalue weighted by Gasteiger charge is -2.12. The van der Waals surface area contributed by atoms with Crippen LogP contribution in [0.1, 0.15) is 16.8 Å². The van der Waals surface area contributed by atoms with Crippen LogP contribution in [-0.2, 0) is 11.8 Å². The highest BCUT2D eigenvalue weighted by atomic mass is 32.4. The molecule has 2 heteroatoms. The van der Waals surface area contributed by atoms with Gasteiger partial charge in [0.15, 0.2) is 0 Å². The summed E-state index contributed by atoms with van der Waals surface area (Å²) in [7, 11) is 0.000926. The molecular weight excluding hydrogens is 219 g/mol. The van der Waals surface area contributed by atoms with Gasteiger partial charge in [-0.25, -0.2) is 0 Å². The van der Waals surface area contributed by atoms with Crippen molar-refractivity contribution in [3.63, 3.8) is 0 Å². The molecule has 0 bridgehead atoms. The number of rotatable bonds is 3. The van der Waals surface area contributed by atoms with Crippen molar-refractivity contribution in [2.24, 2.45) is 0 Å². The monoisotopic (exact) mass is 232 g/mol. The van der Waals surface area contributed by atoms with Crippen molar-refractivity contribution in [2.45, 2.75) is 5.66 Å². The molecule has 1 unspecified atom stereocenters. The highest BCUT2D eigenvalue weighted by molar-refractivity contribution is 7.96. The molecule has 0 nitrogen and oxygen atoms in total. The van der Waals surface area contributed by atoms with Crippen molar-refractivity contribution < 1.29 is 0 Å². The molecule has 0 heterocycles. The van der Waals surface area contributed by atoms with E-state index in [1.54, 1.807) is 0 Å². The molecule has 0 saturated carbocycles. The van der Waals surface area contributed by atoms with Crippen molar-refractivity contribution in [3.8, 4) is 0 Å². The molecule has 15 heavy (non-hydrogen) atoms. The first-order valence-corrected chi connectivity index (χ1v) is 7.52. The minimum Gasteiger partial charge on any atom is -0.103 e. The molecule has 0 aliphatic carbocycles. The van der Waals surface area contributed by atoms with Gasteiger partial charge in [-0.15, -0.1) is 11.8 Å². The Hall–Kier alpha value is -0.910. The largest absolute Gasteiger partial charge is 0.103 e. The zero-order chi connectivity index (χ0) is 10.5. The zero-order valence-corrected chi connectivity index (χ0v) is 10.3. The third kappa shape index (κ3) is 2.56. The van der Waals surface area contributed by atoms with Gasteiger partial charge in [-0.05, 0) is 11.1 Å². The van der Waals surface area contributed by atoms with Crippen molar-refractivity contribution >= 4 is 19.2 Å². The molecule has 2 rings (SSSR count). The molecule has 0 amide bonds. The highest BCUT2D eigenvalue weighted by Gasteiger charge is 2.08. The molecule has 0 saturated heterocycles.